The number of fused-ring (bicyclic) bond motifs is 1. The third-order valence-electron chi connectivity index (χ3n) is 5.87. The third-order valence-corrected chi connectivity index (χ3v) is 5.87. The summed E-state index contributed by atoms with van der Waals surface area (Å²) in [7, 11) is 0. The average molecular weight is 441 g/mol. The molecule has 3 atom stereocenters. The van der Waals surface area contributed by atoms with Crippen molar-refractivity contribution >= 4 is 12.2 Å². The Kier molecular flexibility index (Phi) is 6.09. The minimum Gasteiger partial charge on any atom is -0.444 e. The molecule has 0 radical (unpaired) electrons. The first-order chi connectivity index (χ1) is 15.2. The van der Waals surface area contributed by atoms with Crippen LogP contribution in [0.15, 0.2) is 48.5 Å². The lowest BCUT2D eigenvalue weighted by Gasteiger charge is -2.41. The second kappa shape index (κ2) is 8.81. The molecule has 2 aromatic rings. The number of nitrogens with one attached hydrogen (secondary N) is 1. The summed E-state index contributed by atoms with van der Waals surface area (Å²) in [5.74, 6) is -0.322. The molecular formula is C25H29FN2O4. The van der Waals surface area contributed by atoms with E-state index < -0.39 is 23.9 Å². The van der Waals surface area contributed by atoms with Crippen molar-refractivity contribution in [1.29, 1.82) is 0 Å². The maximum absolute atomic E-state index is 13.5. The van der Waals surface area contributed by atoms with Crippen molar-refractivity contribution in [2.45, 2.75) is 63.8 Å². The molecule has 0 spiro atoms. The van der Waals surface area contributed by atoms with Crippen molar-refractivity contribution in [3.63, 3.8) is 0 Å². The van der Waals surface area contributed by atoms with Gasteiger partial charge in [-0.15, -0.1) is 0 Å². The lowest BCUT2D eigenvalue weighted by atomic mass is 9.88. The molecular weight excluding hydrogens is 411 g/mol. The first-order valence-corrected chi connectivity index (χ1v) is 11.0. The van der Waals surface area contributed by atoms with Gasteiger partial charge in [-0.25, -0.2) is 14.0 Å². The number of benzene rings is 2. The van der Waals surface area contributed by atoms with E-state index in [1.54, 1.807) is 37.8 Å². The molecule has 1 fully saturated rings. The van der Waals surface area contributed by atoms with E-state index in [2.05, 4.69) is 11.4 Å². The summed E-state index contributed by atoms with van der Waals surface area (Å²) in [6, 6.07) is 13.6. The molecule has 2 aromatic carbocycles. The van der Waals surface area contributed by atoms with Crippen LogP contribution in [0.1, 0.15) is 56.3 Å². The van der Waals surface area contributed by atoms with Gasteiger partial charge in [-0.05, 0) is 68.9 Å². The number of alkyl carbamates (subject to hydrolysis) is 1. The minimum absolute atomic E-state index is 0.268. The highest BCUT2D eigenvalue weighted by Crippen LogP contribution is 2.36. The molecule has 6 nitrogen and oxygen atoms in total. The fourth-order valence-corrected chi connectivity index (χ4v) is 4.20. The van der Waals surface area contributed by atoms with Gasteiger partial charge in [0.15, 0.2) is 0 Å². The second-order valence-corrected chi connectivity index (χ2v) is 9.35. The SMILES string of the molecule is CC(C)(C)OC(=O)N[C@@H]1CC[C@H]1OC(=O)N1CCc2ccccc2[C@@H]1c1ccc(F)cc1. The van der Waals surface area contributed by atoms with Crippen molar-refractivity contribution < 1.29 is 23.5 Å². The molecule has 32 heavy (non-hydrogen) atoms. The maximum Gasteiger partial charge on any atom is 0.410 e. The Morgan fingerprint density at radius 2 is 1.78 bits per heavy atom. The lowest BCUT2D eigenvalue weighted by Crippen LogP contribution is -2.54. The molecule has 4 rings (SSSR count). The van der Waals surface area contributed by atoms with Crippen LogP contribution in [0, 0.1) is 5.82 Å². The number of amides is 2. The van der Waals surface area contributed by atoms with Gasteiger partial charge in [-0.2, -0.15) is 0 Å². The van der Waals surface area contributed by atoms with Gasteiger partial charge in [0.05, 0.1) is 12.1 Å². The highest BCUT2D eigenvalue weighted by Gasteiger charge is 2.40. The van der Waals surface area contributed by atoms with Crippen LogP contribution in [0.25, 0.3) is 0 Å². The van der Waals surface area contributed by atoms with E-state index in [1.165, 1.54) is 17.7 Å². The van der Waals surface area contributed by atoms with Crippen LogP contribution in [0.5, 0.6) is 0 Å². The molecule has 0 aromatic heterocycles. The topological polar surface area (TPSA) is 67.9 Å². The second-order valence-electron chi connectivity index (χ2n) is 9.35. The predicted molar refractivity (Wildman–Crippen MR) is 118 cm³/mol. The van der Waals surface area contributed by atoms with Crippen molar-refractivity contribution in [3.05, 3.63) is 71.0 Å². The van der Waals surface area contributed by atoms with Crippen LogP contribution in [0.2, 0.25) is 0 Å². The Balaban J connectivity index is 1.48. The Bertz CT molecular complexity index is 986. The van der Waals surface area contributed by atoms with E-state index in [4.69, 9.17) is 9.47 Å². The fraction of sp³-hybridized carbons (Fsp3) is 0.440. The molecule has 2 aliphatic rings. The van der Waals surface area contributed by atoms with Crippen molar-refractivity contribution in [2.24, 2.45) is 0 Å². The van der Waals surface area contributed by atoms with Crippen molar-refractivity contribution in [2.75, 3.05) is 6.54 Å². The van der Waals surface area contributed by atoms with Gasteiger partial charge in [-0.1, -0.05) is 36.4 Å². The van der Waals surface area contributed by atoms with Gasteiger partial charge in [0.1, 0.15) is 17.5 Å². The Labute approximate surface area is 187 Å². The minimum atomic E-state index is -0.594. The number of nitrogens with zero attached hydrogens (tertiary/aromatic N) is 1. The number of hydrogen-bond donors (Lipinski definition) is 1. The largest absolute Gasteiger partial charge is 0.444 e. The van der Waals surface area contributed by atoms with Crippen LogP contribution in [0.4, 0.5) is 14.0 Å². The average Bonchev–Trinajstić information content (AvgIpc) is 2.73. The van der Waals surface area contributed by atoms with Crippen LogP contribution >= 0.6 is 0 Å². The van der Waals surface area contributed by atoms with E-state index in [-0.39, 0.29) is 17.9 Å². The van der Waals surface area contributed by atoms with Crippen molar-refractivity contribution in [1.82, 2.24) is 10.2 Å². The van der Waals surface area contributed by atoms with Gasteiger partial charge in [0, 0.05) is 6.54 Å². The van der Waals surface area contributed by atoms with E-state index in [1.807, 2.05) is 18.2 Å². The van der Waals surface area contributed by atoms with Crippen molar-refractivity contribution in [3.8, 4) is 0 Å². The van der Waals surface area contributed by atoms with Gasteiger partial charge >= 0.3 is 12.2 Å². The maximum atomic E-state index is 13.5. The van der Waals surface area contributed by atoms with Gasteiger partial charge < -0.3 is 14.8 Å². The number of carbonyl (C=O) groups is 2. The molecule has 1 aliphatic carbocycles. The van der Waals surface area contributed by atoms with Crippen LogP contribution < -0.4 is 5.32 Å². The van der Waals surface area contributed by atoms with Crippen LogP contribution in [0.3, 0.4) is 0 Å². The molecule has 2 amide bonds. The van der Waals surface area contributed by atoms with Gasteiger partial charge in [0.25, 0.3) is 0 Å². The smallest absolute Gasteiger partial charge is 0.410 e. The number of halogens is 1. The number of hydrogen-bond acceptors (Lipinski definition) is 4. The first kappa shape index (κ1) is 22.1. The molecule has 1 N–H and O–H groups in total. The van der Waals surface area contributed by atoms with Gasteiger partial charge in [0.2, 0.25) is 0 Å². The molecule has 0 bridgehead atoms. The molecule has 1 saturated carbocycles. The molecule has 7 heteroatoms. The van der Waals surface area contributed by atoms with Gasteiger partial charge in [-0.3, -0.25) is 4.90 Å². The number of ether oxygens (including phenoxy) is 2. The zero-order valence-corrected chi connectivity index (χ0v) is 18.6. The number of carbonyl (C=O) groups excluding carboxylic acids is 2. The molecule has 0 unspecified atom stereocenters. The highest BCUT2D eigenvalue weighted by molar-refractivity contribution is 5.71. The Hall–Kier alpha value is -3.09. The Morgan fingerprint density at radius 3 is 2.44 bits per heavy atom. The quantitative estimate of drug-likeness (QED) is 0.732. The van der Waals surface area contributed by atoms with E-state index >= 15 is 0 Å². The molecule has 1 heterocycles. The summed E-state index contributed by atoms with van der Waals surface area (Å²) in [5.41, 5.74) is 2.41. The first-order valence-electron chi connectivity index (χ1n) is 11.0. The molecule has 1 aliphatic heterocycles. The molecule has 0 saturated heterocycles. The van der Waals surface area contributed by atoms with E-state index in [0.29, 0.717) is 19.4 Å². The zero-order valence-electron chi connectivity index (χ0n) is 18.6. The predicted octanol–water partition coefficient (Wildman–Crippen LogP) is 4.97. The highest BCUT2D eigenvalue weighted by atomic mass is 19.1. The summed E-state index contributed by atoms with van der Waals surface area (Å²) in [4.78, 5) is 27.0. The standard InChI is InChI=1S/C25H29FN2O4/c1-25(2,3)32-23(29)27-20-12-13-21(20)31-24(30)28-15-14-16-6-4-5-7-19(16)22(28)17-8-10-18(26)11-9-17/h4-11,20-22H,12-15H2,1-3H3,(H,27,29)/t20-,21-,22+/m1/s1. The van der Waals surface area contributed by atoms with E-state index in [9.17, 15) is 14.0 Å². The summed E-state index contributed by atoms with van der Waals surface area (Å²) in [5, 5.41) is 2.80. The third kappa shape index (κ3) is 4.87. The van der Waals surface area contributed by atoms with Crippen LogP contribution in [-0.4, -0.2) is 41.4 Å². The molecule has 170 valence electrons. The monoisotopic (exact) mass is 440 g/mol. The summed E-state index contributed by atoms with van der Waals surface area (Å²) in [6.45, 7) is 5.90. The summed E-state index contributed by atoms with van der Waals surface area (Å²) < 4.78 is 24.6. The lowest BCUT2D eigenvalue weighted by molar-refractivity contribution is -0.00965. The summed E-state index contributed by atoms with van der Waals surface area (Å²) >= 11 is 0. The normalized spacial score (nSPS) is 22.4. The van der Waals surface area contributed by atoms with E-state index in [0.717, 1.165) is 17.5 Å². The Morgan fingerprint density at radius 1 is 1.06 bits per heavy atom. The fourth-order valence-electron chi connectivity index (χ4n) is 4.20. The van der Waals surface area contributed by atoms with Crippen LogP contribution in [-0.2, 0) is 15.9 Å². The number of rotatable bonds is 3. The summed E-state index contributed by atoms with van der Waals surface area (Å²) in [6.07, 6.45) is 0.766. The zero-order chi connectivity index (χ0) is 22.9.